The van der Waals surface area contributed by atoms with Gasteiger partial charge in [0.25, 0.3) is 0 Å². The number of carbonyl (C=O) groups is 1. The fourth-order valence-corrected chi connectivity index (χ4v) is 2.94. The topological polar surface area (TPSA) is 72.9 Å². The fraction of sp³-hybridized carbons (Fsp3) is 0.412. The molecule has 3 N–H and O–H groups in total. The molecule has 2 aromatic rings. The number of hydrogen-bond acceptors (Lipinski definition) is 3. The molecule has 1 aromatic carbocycles. The Morgan fingerprint density at radius 2 is 1.79 bits per heavy atom. The Hall–Kier alpha value is -1.56. The van der Waals surface area contributed by atoms with Gasteiger partial charge in [0.05, 0.1) is 11.9 Å². The molecule has 0 atom stereocenters. The fourth-order valence-electron chi connectivity index (χ4n) is 2.94. The minimum absolute atomic E-state index is 0. The van der Waals surface area contributed by atoms with Gasteiger partial charge in [-0.2, -0.15) is 0 Å². The van der Waals surface area contributed by atoms with Crippen LogP contribution in [0.2, 0.25) is 0 Å². The van der Waals surface area contributed by atoms with E-state index in [9.17, 15) is 4.79 Å². The first kappa shape index (κ1) is 20.5. The van der Waals surface area contributed by atoms with Crippen molar-refractivity contribution in [2.75, 3.05) is 0 Å². The quantitative estimate of drug-likeness (QED) is 0.849. The number of nitrogens with zero attached hydrogens (tertiary/aromatic N) is 2. The Morgan fingerprint density at radius 3 is 2.38 bits per heavy atom. The number of amides is 1. The molecule has 132 valence electrons. The van der Waals surface area contributed by atoms with Crippen molar-refractivity contribution in [2.45, 2.75) is 44.3 Å². The third-order valence-corrected chi connectivity index (χ3v) is 4.35. The number of nitrogens with one attached hydrogen (secondary N) is 1. The van der Waals surface area contributed by atoms with Gasteiger partial charge < -0.3 is 15.6 Å². The summed E-state index contributed by atoms with van der Waals surface area (Å²) in [5.74, 6) is -0.0208. The Bertz CT molecular complexity index is 623. The molecule has 1 saturated carbocycles. The largest absolute Gasteiger partial charge is 0.350 e. The molecule has 1 amide bonds. The van der Waals surface area contributed by atoms with Crippen molar-refractivity contribution in [2.24, 2.45) is 5.73 Å². The summed E-state index contributed by atoms with van der Waals surface area (Å²) < 4.78 is 2.02. The normalized spacial score (nSPS) is 15.2. The number of carbonyl (C=O) groups excluding carboxylic acids is 1. The Labute approximate surface area is 154 Å². The van der Waals surface area contributed by atoms with Gasteiger partial charge >= 0.3 is 0 Å². The van der Waals surface area contributed by atoms with E-state index in [1.807, 2.05) is 22.9 Å². The monoisotopic (exact) mass is 370 g/mol. The molecular formula is C17H24Cl2N4O. The smallest absolute Gasteiger partial charge is 0.240 e. The molecule has 0 spiro atoms. The zero-order valence-electron chi connectivity index (χ0n) is 13.5. The highest BCUT2D eigenvalue weighted by Gasteiger charge is 2.36. The minimum atomic E-state index is -0.651. The van der Waals surface area contributed by atoms with Crippen LogP contribution in [0.4, 0.5) is 0 Å². The van der Waals surface area contributed by atoms with E-state index >= 15 is 0 Å². The first-order valence-corrected chi connectivity index (χ1v) is 7.76. The Morgan fingerprint density at radius 1 is 1.17 bits per heavy atom. The highest BCUT2D eigenvalue weighted by atomic mass is 35.5. The molecule has 7 heteroatoms. The average Bonchev–Trinajstić information content (AvgIpc) is 3.19. The maximum atomic E-state index is 12.2. The number of benzene rings is 1. The van der Waals surface area contributed by atoms with E-state index in [2.05, 4.69) is 22.4 Å². The Kier molecular flexibility index (Phi) is 7.73. The van der Waals surface area contributed by atoms with Crippen LogP contribution < -0.4 is 11.1 Å². The van der Waals surface area contributed by atoms with Crippen molar-refractivity contribution in [3.8, 4) is 0 Å². The number of nitrogens with two attached hydrogens (primary N) is 1. The predicted octanol–water partition coefficient (Wildman–Crippen LogP) is 2.66. The lowest BCUT2D eigenvalue weighted by molar-refractivity contribution is -0.126. The second-order valence-electron chi connectivity index (χ2n) is 6.10. The molecule has 0 unspecified atom stereocenters. The number of imidazole rings is 1. The minimum Gasteiger partial charge on any atom is -0.350 e. The van der Waals surface area contributed by atoms with E-state index in [1.165, 1.54) is 5.56 Å². The first-order chi connectivity index (χ1) is 10.7. The number of aromatic nitrogens is 2. The van der Waals surface area contributed by atoms with E-state index in [0.717, 1.165) is 37.8 Å². The summed E-state index contributed by atoms with van der Waals surface area (Å²) in [6.07, 6.45) is 9.20. The second-order valence-corrected chi connectivity index (χ2v) is 6.10. The molecule has 3 rings (SSSR count). The SMILES string of the molecule is Cl.Cl.NC1(C(=O)NCc2ccc(Cn3ccnc3)cc2)CCCC1. The van der Waals surface area contributed by atoms with Gasteiger partial charge in [-0.05, 0) is 24.0 Å². The van der Waals surface area contributed by atoms with Crippen LogP contribution in [0, 0.1) is 0 Å². The van der Waals surface area contributed by atoms with Crippen molar-refractivity contribution in [3.63, 3.8) is 0 Å². The first-order valence-electron chi connectivity index (χ1n) is 7.76. The maximum absolute atomic E-state index is 12.2. The van der Waals surface area contributed by atoms with Crippen molar-refractivity contribution in [3.05, 3.63) is 54.1 Å². The highest BCUT2D eigenvalue weighted by Crippen LogP contribution is 2.27. The van der Waals surface area contributed by atoms with Crippen LogP contribution in [-0.2, 0) is 17.9 Å². The van der Waals surface area contributed by atoms with Crippen molar-refractivity contribution < 1.29 is 4.79 Å². The molecular weight excluding hydrogens is 347 g/mol. The zero-order valence-corrected chi connectivity index (χ0v) is 15.1. The van der Waals surface area contributed by atoms with Crippen LogP contribution in [0.15, 0.2) is 43.0 Å². The summed E-state index contributed by atoms with van der Waals surface area (Å²) in [4.78, 5) is 16.2. The van der Waals surface area contributed by atoms with Crippen LogP contribution in [0.5, 0.6) is 0 Å². The molecule has 1 aromatic heterocycles. The third-order valence-electron chi connectivity index (χ3n) is 4.35. The lowest BCUT2D eigenvalue weighted by atomic mass is 9.98. The van der Waals surface area contributed by atoms with Gasteiger partial charge in [-0.1, -0.05) is 37.1 Å². The standard InChI is InChI=1S/C17H22N4O.2ClH/c18-17(7-1-2-8-17)16(22)20-11-14-3-5-15(6-4-14)12-21-10-9-19-13-21;;/h3-6,9-10,13H,1-2,7-8,11-12,18H2,(H,20,22);2*1H. The van der Waals surface area contributed by atoms with Gasteiger partial charge in [0, 0.05) is 25.5 Å². The van der Waals surface area contributed by atoms with E-state index in [4.69, 9.17) is 5.73 Å². The number of halogens is 2. The van der Waals surface area contributed by atoms with Crippen LogP contribution in [0.25, 0.3) is 0 Å². The molecule has 0 radical (unpaired) electrons. The Balaban J connectivity index is 0.00000144. The highest BCUT2D eigenvalue weighted by molar-refractivity contribution is 5.86. The van der Waals surface area contributed by atoms with E-state index in [0.29, 0.717) is 6.54 Å². The molecule has 1 aliphatic rings. The zero-order chi connectivity index (χ0) is 15.4. The lowest BCUT2D eigenvalue weighted by Crippen LogP contribution is -2.51. The molecule has 5 nitrogen and oxygen atoms in total. The summed E-state index contributed by atoms with van der Waals surface area (Å²) in [7, 11) is 0. The van der Waals surface area contributed by atoms with Gasteiger partial charge in [-0.15, -0.1) is 24.8 Å². The summed E-state index contributed by atoms with van der Waals surface area (Å²) in [6.45, 7) is 1.34. The van der Waals surface area contributed by atoms with Gasteiger partial charge in [0.1, 0.15) is 0 Å². The third kappa shape index (κ3) is 4.97. The van der Waals surface area contributed by atoms with Crippen molar-refractivity contribution in [1.82, 2.24) is 14.9 Å². The maximum Gasteiger partial charge on any atom is 0.240 e. The molecule has 0 aliphatic heterocycles. The summed E-state index contributed by atoms with van der Waals surface area (Å²) in [5.41, 5.74) is 7.79. The predicted molar refractivity (Wildman–Crippen MR) is 99.5 cm³/mol. The molecule has 1 aliphatic carbocycles. The van der Waals surface area contributed by atoms with E-state index in [1.54, 1.807) is 12.5 Å². The van der Waals surface area contributed by atoms with Gasteiger partial charge in [-0.3, -0.25) is 4.79 Å². The van der Waals surface area contributed by atoms with Crippen molar-refractivity contribution >= 4 is 30.7 Å². The number of hydrogen-bond donors (Lipinski definition) is 2. The van der Waals surface area contributed by atoms with Crippen LogP contribution in [0.1, 0.15) is 36.8 Å². The average molecular weight is 371 g/mol. The van der Waals surface area contributed by atoms with E-state index < -0.39 is 5.54 Å². The number of rotatable bonds is 5. The van der Waals surface area contributed by atoms with E-state index in [-0.39, 0.29) is 30.7 Å². The molecule has 24 heavy (non-hydrogen) atoms. The van der Waals surface area contributed by atoms with Crippen LogP contribution in [0.3, 0.4) is 0 Å². The lowest BCUT2D eigenvalue weighted by Gasteiger charge is -2.22. The van der Waals surface area contributed by atoms with Gasteiger partial charge in [0.15, 0.2) is 0 Å². The molecule has 1 heterocycles. The summed E-state index contributed by atoms with van der Waals surface area (Å²) in [6, 6.07) is 8.25. The van der Waals surface area contributed by atoms with Gasteiger partial charge in [-0.25, -0.2) is 4.98 Å². The van der Waals surface area contributed by atoms with Gasteiger partial charge in [0.2, 0.25) is 5.91 Å². The second kappa shape index (κ2) is 9.06. The van der Waals surface area contributed by atoms with Crippen LogP contribution in [-0.4, -0.2) is 21.0 Å². The molecule has 1 fully saturated rings. The summed E-state index contributed by atoms with van der Waals surface area (Å²) in [5, 5.41) is 2.97. The summed E-state index contributed by atoms with van der Waals surface area (Å²) >= 11 is 0. The molecule has 0 bridgehead atoms. The van der Waals surface area contributed by atoms with Crippen LogP contribution >= 0.6 is 24.8 Å². The van der Waals surface area contributed by atoms with Crippen molar-refractivity contribution in [1.29, 1.82) is 0 Å². The molecule has 0 saturated heterocycles.